The molecule has 1 aromatic carbocycles. The first-order valence-electron chi connectivity index (χ1n) is 4.29. The molecule has 0 aliphatic carbocycles. The molecule has 1 aromatic rings. The molecule has 72 valence electrons. The average Bonchev–Trinajstić information content (AvgIpc) is 2.47. The lowest BCUT2D eigenvalue weighted by Gasteiger charge is -1.99. The summed E-state index contributed by atoms with van der Waals surface area (Å²) in [7, 11) is 0. The lowest BCUT2D eigenvalue weighted by atomic mass is 10.2. The lowest BCUT2D eigenvalue weighted by Crippen LogP contribution is -2.23. The highest BCUT2D eigenvalue weighted by atomic mass is 16.5. The van der Waals surface area contributed by atoms with Gasteiger partial charge in [0.2, 0.25) is 0 Å². The van der Waals surface area contributed by atoms with Gasteiger partial charge in [0.25, 0.3) is 0 Å². The summed E-state index contributed by atoms with van der Waals surface area (Å²) >= 11 is 0. The van der Waals surface area contributed by atoms with Crippen LogP contribution < -0.4 is 5.32 Å². The third kappa shape index (κ3) is 1.75. The van der Waals surface area contributed by atoms with Crippen molar-refractivity contribution in [3.8, 4) is 0 Å². The van der Waals surface area contributed by atoms with E-state index in [-0.39, 0.29) is 6.54 Å². The molecule has 1 saturated heterocycles. The Labute approximate surface area is 81.4 Å². The topological polar surface area (TPSA) is 52.6 Å². The summed E-state index contributed by atoms with van der Waals surface area (Å²) < 4.78 is 0. The van der Waals surface area contributed by atoms with Crippen LogP contribution in [0.4, 0.5) is 4.79 Å². The van der Waals surface area contributed by atoms with Gasteiger partial charge in [0, 0.05) is 5.70 Å². The summed E-state index contributed by atoms with van der Waals surface area (Å²) in [6.45, 7) is 0.216. The van der Waals surface area contributed by atoms with E-state index >= 15 is 0 Å². The number of nitrogens with zero attached hydrogens (tertiary/aromatic N) is 1. The van der Waals surface area contributed by atoms with Crippen molar-refractivity contribution in [2.75, 3.05) is 6.54 Å². The van der Waals surface area contributed by atoms with Crippen molar-refractivity contribution >= 4 is 12.1 Å². The first-order valence-corrected chi connectivity index (χ1v) is 4.29. The van der Waals surface area contributed by atoms with Crippen LogP contribution >= 0.6 is 0 Å². The van der Waals surface area contributed by atoms with Gasteiger partial charge in [0.15, 0.2) is 0 Å². The van der Waals surface area contributed by atoms with Gasteiger partial charge in [-0.2, -0.15) is 5.06 Å². The van der Waals surface area contributed by atoms with E-state index in [2.05, 4.69) is 5.32 Å². The predicted molar refractivity (Wildman–Crippen MR) is 51.4 cm³/mol. The number of amides is 2. The van der Waals surface area contributed by atoms with Crippen LogP contribution in [0.5, 0.6) is 0 Å². The van der Waals surface area contributed by atoms with Gasteiger partial charge >= 0.3 is 6.03 Å². The molecule has 0 spiro atoms. The fourth-order valence-corrected chi connectivity index (χ4v) is 1.31. The first-order chi connectivity index (χ1) is 6.75. The molecule has 2 rings (SSSR count). The Balaban J connectivity index is 2.17. The Morgan fingerprint density at radius 2 is 2.07 bits per heavy atom. The first kappa shape index (κ1) is 8.77. The normalized spacial score (nSPS) is 18.8. The predicted octanol–water partition coefficient (Wildman–Crippen LogP) is 1.44. The van der Waals surface area contributed by atoms with Crippen molar-refractivity contribution in [2.24, 2.45) is 0 Å². The second kappa shape index (κ2) is 3.51. The molecule has 1 heterocycles. The number of urea groups is 1. The standard InChI is InChI=1S/C10H10N2O2/c13-10-11-9(7-12(10)14)6-8-4-2-1-3-5-8/h1-6,14H,7H2,(H,11,13). The van der Waals surface area contributed by atoms with Crippen LogP contribution in [0.3, 0.4) is 0 Å². The van der Waals surface area contributed by atoms with Crippen molar-refractivity contribution in [2.45, 2.75) is 0 Å². The fourth-order valence-electron chi connectivity index (χ4n) is 1.31. The minimum atomic E-state index is -0.479. The average molecular weight is 190 g/mol. The van der Waals surface area contributed by atoms with E-state index in [9.17, 15) is 4.79 Å². The minimum absolute atomic E-state index is 0.216. The van der Waals surface area contributed by atoms with Crippen LogP contribution in [-0.2, 0) is 0 Å². The molecule has 14 heavy (non-hydrogen) atoms. The second-order valence-corrected chi connectivity index (χ2v) is 3.07. The number of carbonyl (C=O) groups excluding carboxylic acids is 1. The van der Waals surface area contributed by atoms with Gasteiger partial charge in [0.05, 0.1) is 6.54 Å². The summed E-state index contributed by atoms with van der Waals surface area (Å²) in [4.78, 5) is 10.9. The third-order valence-electron chi connectivity index (χ3n) is 1.96. The van der Waals surface area contributed by atoms with Crippen molar-refractivity contribution in [3.05, 3.63) is 41.6 Å². The van der Waals surface area contributed by atoms with Crippen LogP contribution in [-0.4, -0.2) is 22.8 Å². The fraction of sp³-hybridized carbons (Fsp3) is 0.100. The van der Waals surface area contributed by atoms with Crippen molar-refractivity contribution in [3.63, 3.8) is 0 Å². The van der Waals surface area contributed by atoms with E-state index in [1.807, 2.05) is 36.4 Å². The number of hydrogen-bond acceptors (Lipinski definition) is 2. The molecule has 0 unspecified atom stereocenters. The van der Waals surface area contributed by atoms with Gasteiger partial charge in [0.1, 0.15) is 0 Å². The van der Waals surface area contributed by atoms with Crippen LogP contribution in [0, 0.1) is 0 Å². The van der Waals surface area contributed by atoms with E-state index in [0.717, 1.165) is 5.56 Å². The van der Waals surface area contributed by atoms with E-state index in [4.69, 9.17) is 5.21 Å². The van der Waals surface area contributed by atoms with E-state index in [0.29, 0.717) is 10.8 Å². The number of rotatable bonds is 1. The van der Waals surface area contributed by atoms with Crippen molar-refractivity contribution in [1.82, 2.24) is 10.4 Å². The number of hydrogen-bond donors (Lipinski definition) is 2. The Morgan fingerprint density at radius 1 is 1.36 bits per heavy atom. The largest absolute Gasteiger partial charge is 0.345 e. The Morgan fingerprint density at radius 3 is 2.64 bits per heavy atom. The van der Waals surface area contributed by atoms with Crippen LogP contribution in [0.25, 0.3) is 6.08 Å². The molecule has 1 fully saturated rings. The summed E-state index contributed by atoms with van der Waals surface area (Å²) in [5.74, 6) is 0. The number of nitrogens with one attached hydrogen (secondary N) is 1. The molecule has 0 aromatic heterocycles. The summed E-state index contributed by atoms with van der Waals surface area (Å²) in [5, 5.41) is 12.2. The summed E-state index contributed by atoms with van der Waals surface area (Å²) in [6.07, 6.45) is 1.83. The second-order valence-electron chi connectivity index (χ2n) is 3.07. The third-order valence-corrected chi connectivity index (χ3v) is 1.96. The number of hydroxylamine groups is 2. The zero-order valence-electron chi connectivity index (χ0n) is 7.47. The van der Waals surface area contributed by atoms with Gasteiger partial charge < -0.3 is 5.32 Å². The molecule has 2 N–H and O–H groups in total. The van der Waals surface area contributed by atoms with Crippen LogP contribution in [0.2, 0.25) is 0 Å². The molecule has 0 radical (unpaired) electrons. The summed E-state index contributed by atoms with van der Waals surface area (Å²) in [6, 6.07) is 9.14. The number of benzene rings is 1. The maximum absolute atomic E-state index is 10.9. The zero-order valence-corrected chi connectivity index (χ0v) is 7.47. The maximum Gasteiger partial charge on any atom is 0.345 e. The van der Waals surface area contributed by atoms with Crippen molar-refractivity contribution in [1.29, 1.82) is 0 Å². The molecular formula is C10H10N2O2. The van der Waals surface area contributed by atoms with E-state index in [1.165, 1.54) is 0 Å². The minimum Gasteiger partial charge on any atom is -0.308 e. The quantitative estimate of drug-likeness (QED) is 0.658. The SMILES string of the molecule is O=C1NC(=Cc2ccccc2)CN1O. The van der Waals surface area contributed by atoms with Gasteiger partial charge in [-0.05, 0) is 11.6 Å². The molecule has 4 heteroatoms. The molecule has 0 atom stereocenters. The Kier molecular flexibility index (Phi) is 2.20. The molecule has 1 aliphatic rings. The van der Waals surface area contributed by atoms with Crippen LogP contribution in [0.15, 0.2) is 36.0 Å². The molecule has 0 bridgehead atoms. The highest BCUT2D eigenvalue weighted by molar-refractivity contribution is 5.80. The molecule has 1 aliphatic heterocycles. The highest BCUT2D eigenvalue weighted by Gasteiger charge is 2.21. The molecule has 0 saturated carbocycles. The van der Waals surface area contributed by atoms with Crippen molar-refractivity contribution < 1.29 is 10.0 Å². The molecule has 2 amide bonds. The number of carbonyl (C=O) groups is 1. The van der Waals surface area contributed by atoms with Gasteiger partial charge in [-0.15, -0.1) is 0 Å². The van der Waals surface area contributed by atoms with E-state index in [1.54, 1.807) is 0 Å². The highest BCUT2D eigenvalue weighted by Crippen LogP contribution is 2.09. The monoisotopic (exact) mass is 190 g/mol. The summed E-state index contributed by atoms with van der Waals surface area (Å²) in [5.41, 5.74) is 1.70. The Bertz CT molecular complexity index is 373. The van der Waals surface area contributed by atoms with E-state index < -0.39 is 6.03 Å². The van der Waals surface area contributed by atoms with Gasteiger partial charge in [-0.1, -0.05) is 30.3 Å². The zero-order chi connectivity index (χ0) is 9.97. The van der Waals surface area contributed by atoms with Crippen LogP contribution in [0.1, 0.15) is 5.56 Å². The lowest BCUT2D eigenvalue weighted by molar-refractivity contribution is -0.0214. The molecular weight excluding hydrogens is 180 g/mol. The smallest absolute Gasteiger partial charge is 0.308 e. The maximum atomic E-state index is 10.9. The Hall–Kier alpha value is -1.81. The van der Waals surface area contributed by atoms with Gasteiger partial charge in [-0.25, -0.2) is 4.79 Å². The molecule has 4 nitrogen and oxygen atoms in total. The van der Waals surface area contributed by atoms with Gasteiger partial charge in [-0.3, -0.25) is 5.21 Å².